The van der Waals surface area contributed by atoms with Crippen molar-refractivity contribution in [2.45, 2.75) is 26.6 Å². The van der Waals surface area contributed by atoms with Gasteiger partial charge in [-0.25, -0.2) is 4.79 Å². The van der Waals surface area contributed by atoms with E-state index in [0.29, 0.717) is 33.2 Å². The van der Waals surface area contributed by atoms with Gasteiger partial charge in [0.1, 0.15) is 11.4 Å². The maximum absolute atomic E-state index is 12.5. The van der Waals surface area contributed by atoms with Crippen molar-refractivity contribution < 1.29 is 19.4 Å². The third kappa shape index (κ3) is 3.24. The summed E-state index contributed by atoms with van der Waals surface area (Å²) in [5, 5.41) is 19.7. The summed E-state index contributed by atoms with van der Waals surface area (Å²) in [6.45, 7) is 0.902. The summed E-state index contributed by atoms with van der Waals surface area (Å²) < 4.78 is 5.40. The Bertz CT molecular complexity index is 986. The fourth-order valence-electron chi connectivity index (χ4n) is 3.01. The van der Waals surface area contributed by atoms with E-state index in [2.05, 4.69) is 0 Å². The summed E-state index contributed by atoms with van der Waals surface area (Å²) in [5.41, 5.74) is 2.51. The van der Waals surface area contributed by atoms with Crippen molar-refractivity contribution in [2.24, 2.45) is 0 Å². The number of carbonyl (C=O) groups is 1. The number of aliphatic hydroxyl groups is 2. The number of ketones is 1. The van der Waals surface area contributed by atoms with E-state index >= 15 is 0 Å². The van der Waals surface area contributed by atoms with Crippen LogP contribution < -0.4 is 5.63 Å². The Morgan fingerprint density at radius 3 is 2.28 bits per heavy atom. The van der Waals surface area contributed by atoms with Crippen molar-refractivity contribution in [3.8, 4) is 11.1 Å². The molecule has 0 radical (unpaired) electrons. The molecule has 2 aromatic carbocycles. The topological polar surface area (TPSA) is 87.7 Å². The maximum atomic E-state index is 12.5. The highest BCUT2D eigenvalue weighted by atomic mass is 16.4. The Hall–Kier alpha value is -2.76. The summed E-state index contributed by atoms with van der Waals surface area (Å²) >= 11 is 0. The van der Waals surface area contributed by atoms with Gasteiger partial charge in [0.05, 0.1) is 18.8 Å². The molecule has 0 amide bonds. The molecule has 0 fully saturated rings. The maximum Gasteiger partial charge on any atom is 0.340 e. The van der Waals surface area contributed by atoms with Gasteiger partial charge in [0.25, 0.3) is 0 Å². The smallest absolute Gasteiger partial charge is 0.340 e. The van der Waals surface area contributed by atoms with Crippen LogP contribution in [0.4, 0.5) is 0 Å². The molecule has 0 aliphatic heterocycles. The number of rotatable bonds is 5. The molecule has 0 bridgehead atoms. The lowest BCUT2D eigenvalue weighted by atomic mass is 9.93. The van der Waals surface area contributed by atoms with Gasteiger partial charge in [0.2, 0.25) is 0 Å². The first-order valence-electron chi connectivity index (χ1n) is 7.93. The van der Waals surface area contributed by atoms with Gasteiger partial charge in [0.15, 0.2) is 0 Å². The van der Waals surface area contributed by atoms with Crippen LogP contribution >= 0.6 is 0 Å². The van der Waals surface area contributed by atoms with Crippen molar-refractivity contribution in [2.75, 3.05) is 0 Å². The van der Waals surface area contributed by atoms with Gasteiger partial charge in [0, 0.05) is 17.4 Å². The second-order valence-electron chi connectivity index (χ2n) is 5.92. The quantitative estimate of drug-likeness (QED) is 0.698. The van der Waals surface area contributed by atoms with Gasteiger partial charge >= 0.3 is 5.63 Å². The molecular formula is C20H18O5. The lowest BCUT2D eigenvalue weighted by Gasteiger charge is -2.14. The molecule has 3 rings (SSSR count). The van der Waals surface area contributed by atoms with Crippen LogP contribution in [-0.2, 0) is 24.4 Å². The molecule has 1 aromatic heterocycles. The molecular weight excluding hydrogens is 320 g/mol. The molecule has 0 spiro atoms. The standard InChI is InChI=1S/C20H18O5/c1-12(23)7-17-19(13-5-3-2-4-6-13)16-8-14(10-21)15(11-22)9-18(16)25-20(17)24/h2-6,8-9,21-22H,7,10-11H2,1H3. The second-order valence-corrected chi connectivity index (χ2v) is 5.92. The molecule has 0 aliphatic carbocycles. The lowest BCUT2D eigenvalue weighted by molar-refractivity contribution is -0.116. The van der Waals surface area contributed by atoms with E-state index in [-0.39, 0.29) is 25.4 Å². The van der Waals surface area contributed by atoms with Crippen LogP contribution in [-0.4, -0.2) is 16.0 Å². The number of hydrogen-bond acceptors (Lipinski definition) is 5. The van der Waals surface area contributed by atoms with Gasteiger partial charge in [-0.15, -0.1) is 0 Å². The molecule has 1 heterocycles. The Balaban J connectivity index is 2.44. The second kappa shape index (κ2) is 7.01. The highest BCUT2D eigenvalue weighted by Crippen LogP contribution is 2.32. The predicted molar refractivity (Wildman–Crippen MR) is 94.2 cm³/mol. The Morgan fingerprint density at radius 2 is 1.68 bits per heavy atom. The van der Waals surface area contributed by atoms with Crippen LogP contribution in [0.5, 0.6) is 0 Å². The van der Waals surface area contributed by atoms with E-state index in [1.165, 1.54) is 6.92 Å². The third-order valence-corrected chi connectivity index (χ3v) is 4.15. The van der Waals surface area contributed by atoms with Crippen LogP contribution in [0.15, 0.2) is 51.7 Å². The summed E-state index contributed by atoms with van der Waals surface area (Å²) in [4.78, 5) is 24.1. The molecule has 0 atom stereocenters. The molecule has 3 aromatic rings. The first kappa shape index (κ1) is 17.1. The molecule has 0 saturated carbocycles. The number of aliphatic hydroxyl groups excluding tert-OH is 2. The fourth-order valence-corrected chi connectivity index (χ4v) is 3.01. The summed E-state index contributed by atoms with van der Waals surface area (Å²) in [6.07, 6.45) is -0.0291. The van der Waals surface area contributed by atoms with Crippen LogP contribution in [0, 0.1) is 0 Å². The first-order chi connectivity index (χ1) is 12.0. The lowest BCUT2D eigenvalue weighted by Crippen LogP contribution is -2.14. The highest BCUT2D eigenvalue weighted by Gasteiger charge is 2.19. The molecule has 0 aliphatic rings. The fraction of sp³-hybridized carbons (Fsp3) is 0.200. The van der Waals surface area contributed by atoms with E-state index in [4.69, 9.17) is 4.42 Å². The number of benzene rings is 2. The van der Waals surface area contributed by atoms with Gasteiger partial charge < -0.3 is 14.6 Å². The average Bonchev–Trinajstić information content (AvgIpc) is 2.61. The Labute approximate surface area is 144 Å². The van der Waals surface area contributed by atoms with E-state index < -0.39 is 5.63 Å². The minimum Gasteiger partial charge on any atom is -0.422 e. The normalized spacial score (nSPS) is 11.0. The van der Waals surface area contributed by atoms with Gasteiger partial charge in [-0.05, 0) is 35.7 Å². The monoisotopic (exact) mass is 338 g/mol. The molecule has 0 saturated heterocycles. The van der Waals surface area contributed by atoms with Crippen LogP contribution in [0.1, 0.15) is 23.6 Å². The highest BCUT2D eigenvalue weighted by molar-refractivity contribution is 5.97. The Morgan fingerprint density at radius 1 is 1.04 bits per heavy atom. The molecule has 5 heteroatoms. The number of hydrogen-bond donors (Lipinski definition) is 2. The van der Waals surface area contributed by atoms with Crippen molar-refractivity contribution in [3.63, 3.8) is 0 Å². The predicted octanol–water partition coefficient (Wildman–Crippen LogP) is 2.58. The van der Waals surface area contributed by atoms with Crippen molar-refractivity contribution in [1.82, 2.24) is 0 Å². The van der Waals surface area contributed by atoms with Crippen molar-refractivity contribution >= 4 is 16.8 Å². The molecule has 2 N–H and O–H groups in total. The summed E-state index contributed by atoms with van der Waals surface area (Å²) in [6, 6.07) is 12.5. The van der Waals surface area contributed by atoms with Crippen LogP contribution in [0.25, 0.3) is 22.1 Å². The molecule has 25 heavy (non-hydrogen) atoms. The zero-order valence-electron chi connectivity index (χ0n) is 13.8. The van der Waals surface area contributed by atoms with E-state index in [9.17, 15) is 19.8 Å². The van der Waals surface area contributed by atoms with Gasteiger partial charge in [-0.3, -0.25) is 4.79 Å². The average molecular weight is 338 g/mol. The number of carbonyl (C=O) groups excluding carboxylic acids is 1. The zero-order valence-corrected chi connectivity index (χ0v) is 13.8. The minimum atomic E-state index is -0.567. The van der Waals surface area contributed by atoms with Crippen molar-refractivity contribution in [3.05, 3.63) is 69.6 Å². The molecule has 0 unspecified atom stereocenters. The first-order valence-corrected chi connectivity index (χ1v) is 7.93. The van der Waals surface area contributed by atoms with E-state index in [1.54, 1.807) is 12.1 Å². The summed E-state index contributed by atoms with van der Waals surface area (Å²) in [7, 11) is 0. The molecule has 5 nitrogen and oxygen atoms in total. The van der Waals surface area contributed by atoms with Crippen LogP contribution in [0.3, 0.4) is 0 Å². The van der Waals surface area contributed by atoms with Crippen molar-refractivity contribution in [1.29, 1.82) is 0 Å². The molecule has 128 valence electrons. The SMILES string of the molecule is CC(=O)Cc1c(-c2ccccc2)c2cc(CO)c(CO)cc2oc1=O. The zero-order chi connectivity index (χ0) is 18.0. The van der Waals surface area contributed by atoms with Gasteiger partial charge in [-0.2, -0.15) is 0 Å². The van der Waals surface area contributed by atoms with E-state index in [0.717, 1.165) is 5.56 Å². The minimum absolute atomic E-state index is 0.0291. The number of fused-ring (bicyclic) bond motifs is 1. The Kier molecular flexibility index (Phi) is 4.79. The number of Topliss-reactive ketones (excluding diaryl/α,β-unsaturated/α-hetero) is 1. The third-order valence-electron chi connectivity index (χ3n) is 4.15. The van der Waals surface area contributed by atoms with E-state index in [1.807, 2.05) is 30.3 Å². The largest absolute Gasteiger partial charge is 0.422 e. The summed E-state index contributed by atoms with van der Waals surface area (Å²) in [5.74, 6) is -0.141. The van der Waals surface area contributed by atoms with Crippen LogP contribution in [0.2, 0.25) is 0 Å². The van der Waals surface area contributed by atoms with Gasteiger partial charge in [-0.1, -0.05) is 30.3 Å².